The predicted molar refractivity (Wildman–Crippen MR) is 119 cm³/mol. The molecule has 2 N–H and O–H groups in total. The fourth-order valence-corrected chi connectivity index (χ4v) is 7.83. The number of benzene rings is 1. The zero-order valence-corrected chi connectivity index (χ0v) is 18.9. The third kappa shape index (κ3) is 2.37. The molecule has 1 aromatic rings. The average Bonchev–Trinajstić information content (AvgIpc) is 3.23. The van der Waals surface area contributed by atoms with Crippen LogP contribution in [0.15, 0.2) is 54.1 Å². The molecule has 0 radical (unpaired) electrons. The van der Waals surface area contributed by atoms with E-state index in [0.29, 0.717) is 12.5 Å². The smallest absolute Gasteiger partial charge is 0.0885 e. The summed E-state index contributed by atoms with van der Waals surface area (Å²) in [7, 11) is 0. The van der Waals surface area contributed by atoms with Crippen LogP contribution in [0, 0.1) is 34.0 Å². The van der Waals surface area contributed by atoms with Gasteiger partial charge in [-0.15, -0.1) is 0 Å². The van der Waals surface area contributed by atoms with E-state index in [2.05, 4.69) is 65.0 Å². The fraction of sp³-hybridized carbons (Fsp3) is 0.630. The van der Waals surface area contributed by atoms with Crippen molar-refractivity contribution >= 4 is 0 Å². The second-order valence-corrected chi connectivity index (χ2v) is 11.4. The summed E-state index contributed by atoms with van der Waals surface area (Å²) in [6.07, 6.45) is 7.73. The molecule has 0 amide bonds. The summed E-state index contributed by atoms with van der Waals surface area (Å²) in [5, 5.41) is 23.9. The van der Waals surface area contributed by atoms with E-state index in [1.165, 1.54) is 11.1 Å². The Kier molecular flexibility index (Phi) is 4.31. The summed E-state index contributed by atoms with van der Waals surface area (Å²) < 4.78 is 6.50. The molecule has 0 unspecified atom stereocenters. The van der Waals surface area contributed by atoms with Crippen LogP contribution in [0.2, 0.25) is 0 Å². The second-order valence-electron chi connectivity index (χ2n) is 11.4. The van der Waals surface area contributed by atoms with Crippen LogP contribution in [0.25, 0.3) is 0 Å². The van der Waals surface area contributed by atoms with Crippen LogP contribution in [0.1, 0.15) is 53.0 Å². The Morgan fingerprint density at radius 2 is 1.77 bits per heavy atom. The summed E-state index contributed by atoms with van der Waals surface area (Å²) in [4.78, 5) is 0. The van der Waals surface area contributed by atoms with Gasteiger partial charge in [0.2, 0.25) is 0 Å². The molecule has 5 rings (SSSR count). The topological polar surface area (TPSA) is 49.7 Å². The zero-order valence-electron chi connectivity index (χ0n) is 18.9. The Balaban J connectivity index is 1.51. The number of fused-ring (bicyclic) bond motifs is 5. The minimum atomic E-state index is -0.975. The lowest BCUT2D eigenvalue weighted by Crippen LogP contribution is -2.64. The monoisotopic (exact) mass is 408 g/mol. The van der Waals surface area contributed by atoms with E-state index in [9.17, 15) is 10.2 Å². The first-order chi connectivity index (χ1) is 14.0. The third-order valence-corrected chi connectivity index (χ3v) is 9.33. The van der Waals surface area contributed by atoms with Crippen LogP contribution >= 0.6 is 0 Å². The molecule has 30 heavy (non-hydrogen) atoms. The Hall–Kier alpha value is -1.42. The number of allylic oxidation sites excluding steroid dienone is 1. The number of aliphatic hydroxyl groups excluding tert-OH is 1. The summed E-state index contributed by atoms with van der Waals surface area (Å²) in [5.41, 5.74) is 0.225. The van der Waals surface area contributed by atoms with Gasteiger partial charge in [0.05, 0.1) is 24.4 Å². The molecule has 4 aliphatic rings. The van der Waals surface area contributed by atoms with Crippen LogP contribution in [0.3, 0.4) is 0 Å². The van der Waals surface area contributed by atoms with Gasteiger partial charge in [0.25, 0.3) is 0 Å². The van der Waals surface area contributed by atoms with Crippen molar-refractivity contribution in [2.75, 3.05) is 0 Å². The van der Waals surface area contributed by atoms with E-state index in [1.54, 1.807) is 0 Å². The van der Waals surface area contributed by atoms with E-state index in [1.807, 2.05) is 18.2 Å². The van der Waals surface area contributed by atoms with Gasteiger partial charge in [-0.25, -0.2) is 0 Å². The highest BCUT2D eigenvalue weighted by Crippen LogP contribution is 2.73. The molecule has 2 saturated carbocycles. The maximum Gasteiger partial charge on any atom is 0.0885 e. The highest BCUT2D eigenvalue weighted by molar-refractivity contribution is 5.48. The van der Waals surface area contributed by atoms with Gasteiger partial charge in [-0.2, -0.15) is 0 Å². The molecule has 4 aliphatic carbocycles. The number of hydrogen-bond donors (Lipinski definition) is 2. The van der Waals surface area contributed by atoms with E-state index in [0.717, 1.165) is 12.8 Å². The highest BCUT2D eigenvalue weighted by Gasteiger charge is 2.75. The normalized spacial score (nSPS) is 48.2. The number of hydrogen-bond acceptors (Lipinski definition) is 3. The quantitative estimate of drug-likeness (QED) is 0.700. The van der Waals surface area contributed by atoms with Crippen LogP contribution in [-0.2, 0) is 11.3 Å². The Morgan fingerprint density at radius 1 is 1.07 bits per heavy atom. The van der Waals surface area contributed by atoms with Gasteiger partial charge in [-0.05, 0) is 48.7 Å². The SMILES string of the molecule is C[C@@H]1C[C@H]2[C@H](C[C@]3(C)[C@H](O)C=C4C(C)(C)C=C[C@@]4(C)[C@]23O)[C@H]1OCc1ccccc1. The molecule has 0 heterocycles. The third-order valence-electron chi connectivity index (χ3n) is 9.33. The van der Waals surface area contributed by atoms with Crippen molar-refractivity contribution in [2.24, 2.45) is 34.0 Å². The first-order valence-corrected chi connectivity index (χ1v) is 11.5. The van der Waals surface area contributed by atoms with Crippen molar-refractivity contribution in [2.45, 2.75) is 71.9 Å². The summed E-state index contributed by atoms with van der Waals surface area (Å²) in [6.45, 7) is 11.5. The average molecular weight is 409 g/mol. The number of rotatable bonds is 3. The van der Waals surface area contributed by atoms with Crippen molar-refractivity contribution in [3.05, 3.63) is 59.7 Å². The zero-order chi connectivity index (χ0) is 21.5. The number of ether oxygens (including phenoxy) is 1. The Labute approximate surface area is 180 Å². The fourth-order valence-electron chi connectivity index (χ4n) is 7.83. The predicted octanol–water partition coefficient (Wildman–Crippen LogP) is 4.89. The minimum Gasteiger partial charge on any atom is -0.388 e. The molecule has 3 nitrogen and oxygen atoms in total. The Bertz CT molecular complexity index is 902. The Morgan fingerprint density at radius 3 is 2.47 bits per heavy atom. The maximum atomic E-state index is 12.6. The molecule has 162 valence electrons. The molecule has 2 fully saturated rings. The molecule has 0 aliphatic heterocycles. The highest BCUT2D eigenvalue weighted by atomic mass is 16.5. The minimum absolute atomic E-state index is 0.110. The van der Waals surface area contributed by atoms with E-state index in [4.69, 9.17) is 4.74 Å². The van der Waals surface area contributed by atoms with Gasteiger partial charge in [0.15, 0.2) is 0 Å². The molecule has 3 heteroatoms. The summed E-state index contributed by atoms with van der Waals surface area (Å²) >= 11 is 0. The van der Waals surface area contributed by atoms with Gasteiger partial charge in [-0.3, -0.25) is 0 Å². The molecule has 0 aromatic heterocycles. The van der Waals surface area contributed by atoms with Gasteiger partial charge in [0, 0.05) is 16.2 Å². The van der Waals surface area contributed by atoms with Gasteiger partial charge < -0.3 is 14.9 Å². The molecular formula is C27H36O3. The molecule has 0 saturated heterocycles. The lowest BCUT2D eigenvalue weighted by Gasteiger charge is -2.58. The largest absolute Gasteiger partial charge is 0.388 e. The van der Waals surface area contributed by atoms with Gasteiger partial charge >= 0.3 is 0 Å². The molecule has 0 bridgehead atoms. The lowest BCUT2D eigenvalue weighted by molar-refractivity contribution is -0.181. The van der Waals surface area contributed by atoms with Crippen molar-refractivity contribution in [1.82, 2.24) is 0 Å². The lowest BCUT2D eigenvalue weighted by atomic mass is 9.50. The van der Waals surface area contributed by atoms with Crippen LogP contribution in [0.5, 0.6) is 0 Å². The number of aliphatic hydroxyl groups is 2. The summed E-state index contributed by atoms with van der Waals surface area (Å²) in [6, 6.07) is 10.3. The van der Waals surface area contributed by atoms with Gasteiger partial charge in [0.1, 0.15) is 0 Å². The van der Waals surface area contributed by atoms with Crippen LogP contribution in [-0.4, -0.2) is 28.0 Å². The standard InChI is InChI=1S/C27H36O3/c1-17-13-20-19(23(17)30-16-18-9-7-6-8-10-18)15-26(5)22(28)14-21-24(2,3)11-12-25(21,4)27(20,26)29/h6-12,14,17,19-20,22-23,28-29H,13,15-16H2,1-5H3/t17-,19+,20+,22-,23+,25-,26-,27-/m1/s1. The van der Waals surface area contributed by atoms with Crippen LogP contribution in [0.4, 0.5) is 0 Å². The van der Waals surface area contributed by atoms with Crippen molar-refractivity contribution in [3.8, 4) is 0 Å². The second kappa shape index (κ2) is 6.31. The molecule has 8 atom stereocenters. The van der Waals surface area contributed by atoms with E-state index < -0.39 is 22.5 Å². The first-order valence-electron chi connectivity index (χ1n) is 11.5. The van der Waals surface area contributed by atoms with Gasteiger partial charge in [-0.1, -0.05) is 76.3 Å². The molecule has 1 aromatic carbocycles. The van der Waals surface area contributed by atoms with Crippen LogP contribution < -0.4 is 0 Å². The van der Waals surface area contributed by atoms with Crippen molar-refractivity contribution in [1.29, 1.82) is 0 Å². The molecular weight excluding hydrogens is 372 g/mol. The maximum absolute atomic E-state index is 12.6. The first kappa shape index (κ1) is 20.5. The van der Waals surface area contributed by atoms with Crippen molar-refractivity contribution in [3.63, 3.8) is 0 Å². The van der Waals surface area contributed by atoms with E-state index in [-0.39, 0.29) is 23.4 Å². The van der Waals surface area contributed by atoms with Crippen molar-refractivity contribution < 1.29 is 14.9 Å². The van der Waals surface area contributed by atoms with E-state index >= 15 is 0 Å². The summed E-state index contributed by atoms with van der Waals surface area (Å²) in [5.74, 6) is 0.779. The molecule has 0 spiro atoms.